The van der Waals surface area contributed by atoms with Crippen molar-refractivity contribution in [2.24, 2.45) is 11.5 Å². The average Bonchev–Trinajstić information content (AvgIpc) is 2.16. The zero-order valence-corrected chi connectivity index (χ0v) is 8.14. The maximum atomic E-state index is 10.8. The molecular weight excluding hydrogens is 182 g/mol. The topological polar surface area (TPSA) is 98.1 Å². The van der Waals surface area contributed by atoms with E-state index in [0.29, 0.717) is 11.5 Å². The fraction of sp³-hybridized carbons (Fsp3) is 0.375. The van der Waals surface area contributed by atoms with Crippen LogP contribution in [0.25, 0.3) is 0 Å². The average molecular weight is 195 g/mol. The molecular formula is C8H13N5O. The second kappa shape index (κ2) is 4.01. The molecule has 0 saturated heterocycles. The van der Waals surface area contributed by atoms with E-state index in [-0.39, 0.29) is 0 Å². The molecule has 76 valence electrons. The van der Waals surface area contributed by atoms with E-state index in [0.717, 1.165) is 0 Å². The lowest BCUT2D eigenvalue weighted by molar-refractivity contribution is -0.119. The Hall–Kier alpha value is -1.69. The first-order chi connectivity index (χ1) is 6.52. The Bertz CT molecular complexity index is 338. The summed E-state index contributed by atoms with van der Waals surface area (Å²) in [5.41, 5.74) is 10.9. The standard InChI is InChI=1S/C8H13N5O/c1-13(2)6-4-11-3-5(12-6)7(9)8(10)14/h3-4,7H,9H2,1-2H3,(H2,10,14). The van der Waals surface area contributed by atoms with E-state index in [1.165, 1.54) is 6.20 Å². The molecule has 0 saturated carbocycles. The number of rotatable bonds is 3. The Kier molecular flexibility index (Phi) is 2.98. The largest absolute Gasteiger partial charge is 0.368 e. The molecule has 1 rings (SSSR count). The second-order valence-electron chi connectivity index (χ2n) is 3.08. The molecule has 6 nitrogen and oxygen atoms in total. The minimum absolute atomic E-state index is 0.378. The molecule has 1 unspecified atom stereocenters. The summed E-state index contributed by atoms with van der Waals surface area (Å²) < 4.78 is 0. The lowest BCUT2D eigenvalue weighted by Crippen LogP contribution is -2.29. The van der Waals surface area contributed by atoms with Crippen LogP contribution in [0.3, 0.4) is 0 Å². The molecule has 0 bridgehead atoms. The first-order valence-corrected chi connectivity index (χ1v) is 4.06. The van der Waals surface area contributed by atoms with Crippen molar-refractivity contribution >= 4 is 11.7 Å². The molecule has 1 aromatic rings. The van der Waals surface area contributed by atoms with Crippen LogP contribution in [-0.2, 0) is 4.79 Å². The monoisotopic (exact) mass is 195 g/mol. The van der Waals surface area contributed by atoms with Gasteiger partial charge in [-0.15, -0.1) is 0 Å². The SMILES string of the molecule is CN(C)c1cncc(C(N)C(N)=O)n1. The summed E-state index contributed by atoms with van der Waals surface area (Å²) in [7, 11) is 3.65. The summed E-state index contributed by atoms with van der Waals surface area (Å²) >= 11 is 0. The lowest BCUT2D eigenvalue weighted by atomic mass is 10.2. The lowest BCUT2D eigenvalue weighted by Gasteiger charge is -2.13. The van der Waals surface area contributed by atoms with Crippen molar-refractivity contribution in [1.82, 2.24) is 9.97 Å². The molecule has 0 spiro atoms. The van der Waals surface area contributed by atoms with Crippen LogP contribution in [0.15, 0.2) is 12.4 Å². The number of amides is 1. The first kappa shape index (κ1) is 10.4. The fourth-order valence-corrected chi connectivity index (χ4v) is 0.881. The van der Waals surface area contributed by atoms with Gasteiger partial charge in [0.05, 0.1) is 18.1 Å². The van der Waals surface area contributed by atoms with Crippen molar-refractivity contribution in [2.75, 3.05) is 19.0 Å². The predicted molar refractivity (Wildman–Crippen MR) is 52.5 cm³/mol. The molecule has 1 atom stereocenters. The van der Waals surface area contributed by atoms with Crippen LogP contribution in [-0.4, -0.2) is 30.0 Å². The third-order valence-corrected chi connectivity index (χ3v) is 1.72. The van der Waals surface area contributed by atoms with Gasteiger partial charge in [-0.05, 0) is 0 Å². The van der Waals surface area contributed by atoms with Crippen molar-refractivity contribution in [3.8, 4) is 0 Å². The van der Waals surface area contributed by atoms with Crippen LogP contribution >= 0.6 is 0 Å². The van der Waals surface area contributed by atoms with Gasteiger partial charge in [0.15, 0.2) is 0 Å². The highest BCUT2D eigenvalue weighted by Crippen LogP contribution is 2.10. The minimum Gasteiger partial charge on any atom is -0.368 e. The van der Waals surface area contributed by atoms with E-state index in [2.05, 4.69) is 9.97 Å². The van der Waals surface area contributed by atoms with E-state index in [4.69, 9.17) is 11.5 Å². The van der Waals surface area contributed by atoms with Gasteiger partial charge in [0.2, 0.25) is 5.91 Å². The van der Waals surface area contributed by atoms with Crippen LogP contribution in [0.4, 0.5) is 5.82 Å². The number of carbonyl (C=O) groups is 1. The zero-order chi connectivity index (χ0) is 10.7. The van der Waals surface area contributed by atoms with Crippen molar-refractivity contribution in [2.45, 2.75) is 6.04 Å². The molecule has 0 aromatic carbocycles. The minimum atomic E-state index is -0.901. The summed E-state index contributed by atoms with van der Waals surface area (Å²) in [6, 6.07) is -0.901. The number of primary amides is 1. The van der Waals surface area contributed by atoms with Gasteiger partial charge < -0.3 is 16.4 Å². The van der Waals surface area contributed by atoms with Crippen LogP contribution in [0.5, 0.6) is 0 Å². The van der Waals surface area contributed by atoms with Gasteiger partial charge in [-0.2, -0.15) is 0 Å². The number of hydrogen-bond donors (Lipinski definition) is 2. The summed E-state index contributed by atoms with van der Waals surface area (Å²) in [4.78, 5) is 20.6. The molecule has 14 heavy (non-hydrogen) atoms. The highest BCUT2D eigenvalue weighted by atomic mass is 16.1. The van der Waals surface area contributed by atoms with Gasteiger partial charge in [0.25, 0.3) is 0 Å². The van der Waals surface area contributed by atoms with E-state index in [1.807, 2.05) is 14.1 Å². The van der Waals surface area contributed by atoms with Gasteiger partial charge >= 0.3 is 0 Å². The fourth-order valence-electron chi connectivity index (χ4n) is 0.881. The number of nitrogens with two attached hydrogens (primary N) is 2. The predicted octanol–water partition coefficient (Wildman–Crippen LogP) is -0.972. The number of nitrogens with zero attached hydrogens (tertiary/aromatic N) is 3. The van der Waals surface area contributed by atoms with Crippen molar-refractivity contribution in [1.29, 1.82) is 0 Å². The molecule has 1 heterocycles. The van der Waals surface area contributed by atoms with Gasteiger partial charge in [0.1, 0.15) is 11.9 Å². The molecule has 4 N–H and O–H groups in total. The molecule has 0 aliphatic carbocycles. The van der Waals surface area contributed by atoms with Crippen LogP contribution in [0.1, 0.15) is 11.7 Å². The van der Waals surface area contributed by atoms with E-state index < -0.39 is 11.9 Å². The quantitative estimate of drug-likeness (QED) is 0.646. The summed E-state index contributed by atoms with van der Waals surface area (Å²) in [5.74, 6) is 0.0226. The molecule has 0 aliphatic rings. The third-order valence-electron chi connectivity index (χ3n) is 1.72. The van der Waals surface area contributed by atoms with E-state index in [9.17, 15) is 4.79 Å². The second-order valence-corrected chi connectivity index (χ2v) is 3.08. The molecule has 0 radical (unpaired) electrons. The zero-order valence-electron chi connectivity index (χ0n) is 8.14. The molecule has 0 fully saturated rings. The summed E-state index contributed by atoms with van der Waals surface area (Å²) in [6.07, 6.45) is 3.01. The maximum Gasteiger partial charge on any atom is 0.240 e. The number of carbonyl (C=O) groups excluding carboxylic acids is 1. The Morgan fingerprint density at radius 3 is 2.64 bits per heavy atom. The van der Waals surface area contributed by atoms with E-state index >= 15 is 0 Å². The number of aromatic nitrogens is 2. The summed E-state index contributed by atoms with van der Waals surface area (Å²) in [6.45, 7) is 0. The van der Waals surface area contributed by atoms with Gasteiger partial charge in [0, 0.05) is 14.1 Å². The highest BCUT2D eigenvalue weighted by Gasteiger charge is 2.14. The highest BCUT2D eigenvalue weighted by molar-refractivity contribution is 5.80. The molecule has 6 heteroatoms. The van der Waals surface area contributed by atoms with Crippen molar-refractivity contribution < 1.29 is 4.79 Å². The summed E-state index contributed by atoms with van der Waals surface area (Å²) in [5, 5.41) is 0. The number of anilines is 1. The normalized spacial score (nSPS) is 12.2. The molecule has 1 amide bonds. The third kappa shape index (κ3) is 2.17. The first-order valence-electron chi connectivity index (χ1n) is 4.06. The van der Waals surface area contributed by atoms with Crippen molar-refractivity contribution in [3.05, 3.63) is 18.1 Å². The van der Waals surface area contributed by atoms with Gasteiger partial charge in [-0.25, -0.2) is 4.98 Å². The molecule has 0 aliphatic heterocycles. The number of hydrogen-bond acceptors (Lipinski definition) is 5. The van der Waals surface area contributed by atoms with Crippen LogP contribution < -0.4 is 16.4 Å². The molecule has 1 aromatic heterocycles. The van der Waals surface area contributed by atoms with Gasteiger partial charge in [-0.3, -0.25) is 9.78 Å². The van der Waals surface area contributed by atoms with Gasteiger partial charge in [-0.1, -0.05) is 0 Å². The Morgan fingerprint density at radius 2 is 2.14 bits per heavy atom. The Morgan fingerprint density at radius 1 is 1.50 bits per heavy atom. The maximum absolute atomic E-state index is 10.8. The van der Waals surface area contributed by atoms with Crippen LogP contribution in [0.2, 0.25) is 0 Å². The van der Waals surface area contributed by atoms with Crippen molar-refractivity contribution in [3.63, 3.8) is 0 Å². The smallest absolute Gasteiger partial charge is 0.240 e. The Balaban J connectivity index is 2.99. The van der Waals surface area contributed by atoms with E-state index in [1.54, 1.807) is 11.1 Å². The Labute approximate surface area is 81.9 Å². The van der Waals surface area contributed by atoms with Crippen LogP contribution in [0, 0.1) is 0 Å².